The SMILES string of the molecule is Cn1nc(C(=O)N2CCCC2C2CCc3cc(F)cc(F)c32)c(C(F)F)n1. The first-order valence-electron chi connectivity index (χ1n) is 8.85. The van der Waals surface area contributed by atoms with Crippen molar-refractivity contribution >= 4 is 5.91 Å². The third-order valence-corrected chi connectivity index (χ3v) is 5.45. The molecule has 1 aliphatic heterocycles. The van der Waals surface area contributed by atoms with Crippen molar-refractivity contribution in [3.8, 4) is 0 Å². The lowest BCUT2D eigenvalue weighted by Gasteiger charge is -2.30. The van der Waals surface area contributed by atoms with E-state index in [9.17, 15) is 22.4 Å². The fraction of sp³-hybridized carbons (Fsp3) is 0.500. The van der Waals surface area contributed by atoms with Gasteiger partial charge in [0.05, 0.1) is 0 Å². The Labute approximate surface area is 153 Å². The zero-order chi connectivity index (χ0) is 19.3. The van der Waals surface area contributed by atoms with Gasteiger partial charge in [-0.25, -0.2) is 17.6 Å². The summed E-state index contributed by atoms with van der Waals surface area (Å²) in [6, 6.07) is 1.86. The summed E-state index contributed by atoms with van der Waals surface area (Å²) in [5, 5.41) is 7.41. The smallest absolute Gasteiger partial charge is 0.284 e. The van der Waals surface area contributed by atoms with Gasteiger partial charge in [-0.05, 0) is 42.9 Å². The third-order valence-electron chi connectivity index (χ3n) is 5.45. The highest BCUT2D eigenvalue weighted by Gasteiger charge is 2.42. The molecule has 1 aromatic heterocycles. The van der Waals surface area contributed by atoms with E-state index in [1.54, 1.807) is 0 Å². The summed E-state index contributed by atoms with van der Waals surface area (Å²) in [6.45, 7) is 0.386. The number of amides is 1. The number of likely N-dealkylation sites (tertiary alicyclic amines) is 1. The van der Waals surface area contributed by atoms with Crippen molar-refractivity contribution in [1.82, 2.24) is 19.9 Å². The molecule has 2 unspecified atom stereocenters. The Morgan fingerprint density at radius 3 is 2.74 bits per heavy atom. The standard InChI is InChI=1S/C18H18F4N4O/c1-25-23-15(17(21)22)16(24-25)18(27)26-6-2-3-13(26)11-5-4-9-7-10(19)8-12(20)14(9)11/h7-8,11,13,17H,2-6H2,1H3. The Balaban J connectivity index is 1.66. The summed E-state index contributed by atoms with van der Waals surface area (Å²) >= 11 is 0. The maximum Gasteiger partial charge on any atom is 0.284 e. The van der Waals surface area contributed by atoms with E-state index in [0.29, 0.717) is 43.4 Å². The molecule has 9 heteroatoms. The first-order chi connectivity index (χ1) is 12.9. The average Bonchev–Trinajstić information content (AvgIpc) is 3.30. The van der Waals surface area contributed by atoms with Crippen LogP contribution < -0.4 is 0 Å². The highest BCUT2D eigenvalue weighted by atomic mass is 19.3. The second-order valence-electron chi connectivity index (χ2n) is 7.04. The molecule has 2 atom stereocenters. The Hall–Kier alpha value is -2.45. The minimum Gasteiger partial charge on any atom is -0.334 e. The van der Waals surface area contributed by atoms with Crippen molar-refractivity contribution in [1.29, 1.82) is 0 Å². The van der Waals surface area contributed by atoms with Crippen LogP contribution in [0.4, 0.5) is 17.6 Å². The van der Waals surface area contributed by atoms with Crippen LogP contribution in [0, 0.1) is 11.6 Å². The van der Waals surface area contributed by atoms with Crippen molar-refractivity contribution in [2.24, 2.45) is 7.05 Å². The van der Waals surface area contributed by atoms with Crippen molar-refractivity contribution in [2.45, 2.75) is 44.1 Å². The molecule has 27 heavy (non-hydrogen) atoms. The van der Waals surface area contributed by atoms with Gasteiger partial charge in [0.1, 0.15) is 11.6 Å². The lowest BCUT2D eigenvalue weighted by molar-refractivity contribution is 0.0696. The van der Waals surface area contributed by atoms with Crippen LogP contribution in [0.3, 0.4) is 0 Å². The number of rotatable bonds is 3. The number of carbonyl (C=O) groups is 1. The van der Waals surface area contributed by atoms with E-state index in [1.165, 1.54) is 18.0 Å². The van der Waals surface area contributed by atoms with Crippen LogP contribution >= 0.6 is 0 Å². The molecule has 1 fully saturated rings. The van der Waals surface area contributed by atoms with Gasteiger partial charge in [0.15, 0.2) is 11.4 Å². The number of hydrogen-bond acceptors (Lipinski definition) is 3. The number of fused-ring (bicyclic) bond motifs is 1. The lowest BCUT2D eigenvalue weighted by Crippen LogP contribution is -2.39. The molecule has 1 saturated heterocycles. The molecule has 5 nitrogen and oxygen atoms in total. The Morgan fingerprint density at radius 1 is 1.22 bits per heavy atom. The lowest BCUT2D eigenvalue weighted by atomic mass is 9.91. The normalized spacial score (nSPS) is 21.9. The Kier molecular flexibility index (Phi) is 4.39. The predicted octanol–water partition coefficient (Wildman–Crippen LogP) is 3.37. The van der Waals surface area contributed by atoms with Gasteiger partial charge in [-0.15, -0.1) is 5.10 Å². The fourth-order valence-electron chi connectivity index (χ4n) is 4.42. The summed E-state index contributed by atoms with van der Waals surface area (Å²) in [5.74, 6) is -2.12. The molecule has 0 spiro atoms. The van der Waals surface area contributed by atoms with Crippen LogP contribution in [-0.2, 0) is 13.5 Å². The molecule has 1 aromatic carbocycles. The monoisotopic (exact) mass is 382 g/mol. The van der Waals surface area contributed by atoms with E-state index >= 15 is 0 Å². The number of nitrogens with zero attached hydrogens (tertiary/aromatic N) is 4. The molecular formula is C18H18F4N4O. The first-order valence-corrected chi connectivity index (χ1v) is 8.85. The Morgan fingerprint density at radius 2 is 2.00 bits per heavy atom. The van der Waals surface area contributed by atoms with E-state index in [2.05, 4.69) is 10.2 Å². The number of aryl methyl sites for hydroxylation is 2. The highest BCUT2D eigenvalue weighted by molar-refractivity contribution is 5.93. The van der Waals surface area contributed by atoms with Gasteiger partial charge in [0.2, 0.25) is 0 Å². The average molecular weight is 382 g/mol. The van der Waals surface area contributed by atoms with Crippen LogP contribution in [0.1, 0.15) is 58.9 Å². The molecule has 0 N–H and O–H groups in total. The van der Waals surface area contributed by atoms with Crippen LogP contribution in [0.2, 0.25) is 0 Å². The summed E-state index contributed by atoms with van der Waals surface area (Å²) in [4.78, 5) is 15.4. The minimum absolute atomic E-state index is 0.279. The summed E-state index contributed by atoms with van der Waals surface area (Å²) in [6.07, 6.45) is -0.467. The van der Waals surface area contributed by atoms with Crippen molar-refractivity contribution in [2.75, 3.05) is 6.54 Å². The van der Waals surface area contributed by atoms with Crippen molar-refractivity contribution in [3.05, 3.63) is 46.3 Å². The van der Waals surface area contributed by atoms with E-state index < -0.39 is 29.7 Å². The molecule has 0 bridgehead atoms. The second kappa shape index (κ2) is 6.61. The van der Waals surface area contributed by atoms with Crippen LogP contribution in [-0.4, -0.2) is 38.4 Å². The predicted molar refractivity (Wildman–Crippen MR) is 87.4 cm³/mol. The molecule has 4 rings (SSSR count). The summed E-state index contributed by atoms with van der Waals surface area (Å²) in [7, 11) is 1.38. The van der Waals surface area contributed by atoms with Crippen molar-refractivity contribution < 1.29 is 22.4 Å². The molecule has 144 valence electrons. The molecule has 1 aliphatic carbocycles. The molecular weight excluding hydrogens is 364 g/mol. The quantitative estimate of drug-likeness (QED) is 0.765. The number of alkyl halides is 2. The highest BCUT2D eigenvalue weighted by Crippen LogP contribution is 2.43. The summed E-state index contributed by atoms with van der Waals surface area (Å²) < 4.78 is 54.3. The second-order valence-corrected chi connectivity index (χ2v) is 7.04. The van der Waals surface area contributed by atoms with Gasteiger partial charge in [-0.3, -0.25) is 4.79 Å². The number of hydrogen-bond donors (Lipinski definition) is 0. The van der Waals surface area contributed by atoms with Crippen LogP contribution in [0.15, 0.2) is 12.1 Å². The Bertz CT molecular complexity index is 898. The van der Waals surface area contributed by atoms with Crippen molar-refractivity contribution in [3.63, 3.8) is 0 Å². The third kappa shape index (κ3) is 2.98. The molecule has 2 aromatic rings. The van der Waals surface area contributed by atoms with Gasteiger partial charge in [0, 0.05) is 31.6 Å². The molecule has 2 aliphatic rings. The molecule has 2 heterocycles. The van der Waals surface area contributed by atoms with E-state index in [1.807, 2.05) is 0 Å². The first kappa shape index (κ1) is 17.9. The van der Waals surface area contributed by atoms with E-state index in [0.717, 1.165) is 10.9 Å². The zero-order valence-corrected chi connectivity index (χ0v) is 14.6. The number of benzene rings is 1. The van der Waals surface area contributed by atoms with Gasteiger partial charge < -0.3 is 4.90 Å². The van der Waals surface area contributed by atoms with Gasteiger partial charge in [-0.1, -0.05) is 0 Å². The largest absolute Gasteiger partial charge is 0.334 e. The van der Waals surface area contributed by atoms with Gasteiger partial charge in [0.25, 0.3) is 12.3 Å². The number of halogens is 4. The summed E-state index contributed by atoms with van der Waals surface area (Å²) in [5.41, 5.74) is 0.0457. The number of aromatic nitrogens is 3. The molecule has 0 saturated carbocycles. The maximum atomic E-state index is 14.4. The molecule has 0 radical (unpaired) electrons. The number of carbonyl (C=O) groups excluding carboxylic acids is 1. The fourth-order valence-corrected chi connectivity index (χ4v) is 4.42. The van der Waals surface area contributed by atoms with E-state index in [-0.39, 0.29) is 17.7 Å². The maximum absolute atomic E-state index is 14.4. The zero-order valence-electron chi connectivity index (χ0n) is 14.6. The van der Waals surface area contributed by atoms with Crippen LogP contribution in [0.5, 0.6) is 0 Å². The topological polar surface area (TPSA) is 51.0 Å². The van der Waals surface area contributed by atoms with Crippen LogP contribution in [0.25, 0.3) is 0 Å². The van der Waals surface area contributed by atoms with Gasteiger partial charge >= 0.3 is 0 Å². The van der Waals surface area contributed by atoms with Gasteiger partial charge in [-0.2, -0.15) is 9.90 Å². The van der Waals surface area contributed by atoms with E-state index in [4.69, 9.17) is 0 Å². The minimum atomic E-state index is -2.91. The molecule has 1 amide bonds.